The summed E-state index contributed by atoms with van der Waals surface area (Å²) in [7, 11) is 5.54. The Labute approximate surface area is 130 Å². The number of nitrogens with one attached hydrogen (secondary N) is 1. The molecule has 0 atom stereocenters. The third-order valence-corrected chi connectivity index (χ3v) is 2.78. The molecule has 0 aliphatic rings. The van der Waals surface area contributed by atoms with Gasteiger partial charge in [-0.15, -0.1) is 9.94 Å². The van der Waals surface area contributed by atoms with Gasteiger partial charge in [-0.05, 0) is 26.9 Å². The van der Waals surface area contributed by atoms with E-state index in [1.165, 1.54) is 11.9 Å². The van der Waals surface area contributed by atoms with Crippen molar-refractivity contribution in [2.24, 2.45) is 4.99 Å². The second-order valence-electron chi connectivity index (χ2n) is 5.12. The van der Waals surface area contributed by atoms with Crippen LogP contribution in [0.3, 0.4) is 0 Å². The van der Waals surface area contributed by atoms with Gasteiger partial charge < -0.3 is 15.1 Å². The van der Waals surface area contributed by atoms with Crippen LogP contribution in [0.1, 0.15) is 18.4 Å². The van der Waals surface area contributed by atoms with Crippen molar-refractivity contribution < 1.29 is 9.76 Å². The van der Waals surface area contributed by atoms with Crippen molar-refractivity contribution in [1.29, 1.82) is 0 Å². The number of hydrogen-bond acceptors (Lipinski definition) is 6. The van der Waals surface area contributed by atoms with E-state index >= 15 is 0 Å². The predicted octanol–water partition coefficient (Wildman–Crippen LogP) is 0.0481. The van der Waals surface area contributed by atoms with Crippen LogP contribution in [0.5, 0.6) is 0 Å². The van der Waals surface area contributed by atoms with Crippen LogP contribution >= 0.6 is 0 Å². The number of aromatic nitrogens is 2. The predicted molar refractivity (Wildman–Crippen MR) is 83.5 cm³/mol. The maximum Gasteiger partial charge on any atom is 0.259 e. The fourth-order valence-corrected chi connectivity index (χ4v) is 1.80. The van der Waals surface area contributed by atoms with Gasteiger partial charge in [-0.2, -0.15) is 0 Å². The Morgan fingerprint density at radius 2 is 2.32 bits per heavy atom. The van der Waals surface area contributed by atoms with E-state index in [2.05, 4.69) is 20.3 Å². The van der Waals surface area contributed by atoms with Crippen LogP contribution in [0.4, 0.5) is 0 Å². The van der Waals surface area contributed by atoms with Crippen molar-refractivity contribution in [2.45, 2.75) is 19.4 Å². The number of nitro groups is 1. The van der Waals surface area contributed by atoms with Crippen LogP contribution in [0, 0.1) is 10.1 Å². The van der Waals surface area contributed by atoms with E-state index < -0.39 is 4.92 Å². The molecule has 1 rings (SSSR count). The molecule has 9 nitrogen and oxygen atoms in total. The minimum absolute atomic E-state index is 0.269. The highest BCUT2D eigenvalue weighted by Crippen LogP contribution is 1.99. The summed E-state index contributed by atoms with van der Waals surface area (Å²) in [6, 6.07) is 0. The maximum atomic E-state index is 10.4. The Morgan fingerprint density at radius 3 is 2.95 bits per heavy atom. The molecule has 0 aromatic carbocycles. The first kappa shape index (κ1) is 17.9. The van der Waals surface area contributed by atoms with Crippen molar-refractivity contribution in [2.75, 3.05) is 40.8 Å². The van der Waals surface area contributed by atoms with Crippen molar-refractivity contribution in [3.05, 3.63) is 28.1 Å². The molecule has 0 saturated carbocycles. The van der Waals surface area contributed by atoms with Crippen molar-refractivity contribution >= 4 is 5.84 Å². The van der Waals surface area contributed by atoms with Crippen LogP contribution in [-0.4, -0.2) is 66.4 Å². The van der Waals surface area contributed by atoms with Crippen LogP contribution in [0.25, 0.3) is 0 Å². The summed E-state index contributed by atoms with van der Waals surface area (Å²) in [6.07, 6.45) is 5.30. The smallest absolute Gasteiger partial charge is 0.259 e. The van der Waals surface area contributed by atoms with Gasteiger partial charge in [0.15, 0.2) is 5.84 Å². The van der Waals surface area contributed by atoms with E-state index in [-0.39, 0.29) is 6.54 Å². The van der Waals surface area contributed by atoms with Gasteiger partial charge >= 0.3 is 0 Å². The molecule has 0 amide bonds. The molecule has 1 aromatic rings. The van der Waals surface area contributed by atoms with Crippen molar-refractivity contribution in [3.63, 3.8) is 0 Å². The zero-order chi connectivity index (χ0) is 16.4. The first-order valence-electron chi connectivity index (χ1n) is 7.14. The first-order chi connectivity index (χ1) is 10.5. The molecule has 9 heteroatoms. The molecule has 1 heterocycles. The van der Waals surface area contributed by atoms with Gasteiger partial charge in [0.2, 0.25) is 0 Å². The number of rotatable bonds is 10. The quantitative estimate of drug-likeness (QED) is 0.215. The number of unbranched alkanes of at least 4 members (excludes halogenated alkanes) is 1. The number of hydrogen-bond donors (Lipinski definition) is 1. The highest BCUT2D eigenvalue weighted by atomic mass is 16.7. The summed E-state index contributed by atoms with van der Waals surface area (Å²) in [5.74, 6) is 0.395. The highest BCUT2D eigenvalue weighted by Gasteiger charge is 2.05. The van der Waals surface area contributed by atoms with Crippen molar-refractivity contribution in [3.8, 4) is 0 Å². The lowest BCUT2D eigenvalue weighted by Gasteiger charge is -2.07. The minimum Gasteiger partial charge on any atom is -0.397 e. The Morgan fingerprint density at radius 1 is 1.55 bits per heavy atom. The van der Waals surface area contributed by atoms with Crippen LogP contribution in [0.2, 0.25) is 0 Å². The van der Waals surface area contributed by atoms with Gasteiger partial charge in [0.25, 0.3) is 6.54 Å². The average molecular weight is 312 g/mol. The van der Waals surface area contributed by atoms with E-state index in [0.717, 1.165) is 24.9 Å². The Balaban J connectivity index is 2.12. The minimum atomic E-state index is -0.401. The average Bonchev–Trinajstić information content (AvgIpc) is 2.87. The lowest BCUT2D eigenvalue weighted by Crippen LogP contribution is -2.31. The van der Waals surface area contributed by atoms with Crippen LogP contribution in [-0.2, 0) is 6.54 Å². The van der Waals surface area contributed by atoms with Crippen LogP contribution < -0.4 is 10.2 Å². The lowest BCUT2D eigenvalue weighted by molar-refractivity contribution is -0.463. The molecule has 1 aromatic heterocycles. The monoisotopic (exact) mass is 312 g/mol. The molecular formula is C13H24N6O3. The normalized spacial score (nSPS) is 11.7. The SMILES string of the molecule is CN=C(C[N+](=O)[O-])NCCCCOn1cc(CN(C)C)cn1. The molecule has 0 saturated heterocycles. The number of amidine groups is 1. The standard InChI is InChI=1S/C13H24N6O3/c1-14-13(11-19(20)21)15-6-4-5-7-22-18-10-12(8-16-18)9-17(2)3/h8,10H,4-7,9,11H2,1-3H3,(H,14,15). The molecule has 124 valence electrons. The van der Waals surface area contributed by atoms with Gasteiger partial charge in [-0.1, -0.05) is 0 Å². The zero-order valence-corrected chi connectivity index (χ0v) is 13.4. The van der Waals surface area contributed by atoms with Gasteiger partial charge in [-0.3, -0.25) is 15.1 Å². The molecule has 0 aliphatic carbocycles. The molecule has 1 N–H and O–H groups in total. The maximum absolute atomic E-state index is 10.4. The lowest BCUT2D eigenvalue weighted by atomic mass is 10.3. The van der Waals surface area contributed by atoms with Gasteiger partial charge in [0, 0.05) is 30.6 Å². The van der Waals surface area contributed by atoms with E-state index in [0.29, 0.717) is 19.0 Å². The van der Waals surface area contributed by atoms with E-state index in [9.17, 15) is 10.1 Å². The van der Waals surface area contributed by atoms with Crippen molar-refractivity contribution in [1.82, 2.24) is 20.2 Å². The van der Waals surface area contributed by atoms with E-state index in [1.54, 1.807) is 6.20 Å². The number of aliphatic imine (C=N–C) groups is 1. The summed E-state index contributed by atoms with van der Waals surface area (Å²) in [5, 5.41) is 17.5. The van der Waals surface area contributed by atoms with E-state index in [4.69, 9.17) is 4.84 Å². The summed E-state index contributed by atoms with van der Waals surface area (Å²) in [5.41, 5.74) is 1.09. The molecule has 0 spiro atoms. The largest absolute Gasteiger partial charge is 0.397 e. The third kappa shape index (κ3) is 7.58. The second-order valence-corrected chi connectivity index (χ2v) is 5.12. The van der Waals surface area contributed by atoms with Gasteiger partial charge in [0.1, 0.15) is 6.61 Å². The van der Waals surface area contributed by atoms with E-state index in [1.807, 2.05) is 20.3 Å². The summed E-state index contributed by atoms with van der Waals surface area (Å²) < 4.78 is 0. The molecule has 0 fully saturated rings. The molecule has 0 bridgehead atoms. The number of nitrogens with zero attached hydrogens (tertiary/aromatic N) is 5. The Bertz CT molecular complexity index is 486. The zero-order valence-electron chi connectivity index (χ0n) is 13.4. The molecule has 0 aliphatic heterocycles. The molecule has 22 heavy (non-hydrogen) atoms. The van der Waals surface area contributed by atoms with Crippen LogP contribution in [0.15, 0.2) is 17.4 Å². The summed E-state index contributed by atoms with van der Waals surface area (Å²) >= 11 is 0. The summed E-state index contributed by atoms with van der Waals surface area (Å²) in [4.78, 5) is 22.8. The topological polar surface area (TPSA) is 97.8 Å². The van der Waals surface area contributed by atoms with Gasteiger partial charge in [-0.25, -0.2) is 0 Å². The summed E-state index contributed by atoms with van der Waals surface area (Å²) in [6.45, 7) is 1.73. The molecule has 0 radical (unpaired) electrons. The highest BCUT2D eigenvalue weighted by molar-refractivity contribution is 5.82. The molecular weight excluding hydrogens is 288 g/mol. The fourth-order valence-electron chi connectivity index (χ4n) is 1.80. The Kier molecular flexibility index (Phi) is 7.90. The second kappa shape index (κ2) is 9.72. The first-order valence-corrected chi connectivity index (χ1v) is 7.14. The fraction of sp³-hybridized carbons (Fsp3) is 0.692. The Hall–Kier alpha value is -2.16. The third-order valence-electron chi connectivity index (χ3n) is 2.78. The molecule has 0 unspecified atom stereocenters. The van der Waals surface area contributed by atoms with Gasteiger partial charge in [0.05, 0.1) is 12.4 Å².